The number of fused-ring (bicyclic) bond motifs is 1. The molecule has 1 aliphatic rings. The van der Waals surface area contributed by atoms with E-state index in [-0.39, 0.29) is 11.3 Å². The van der Waals surface area contributed by atoms with E-state index >= 15 is 0 Å². The zero-order valence-electron chi connectivity index (χ0n) is 13.9. The van der Waals surface area contributed by atoms with Crippen molar-refractivity contribution < 1.29 is 4.79 Å². The van der Waals surface area contributed by atoms with Crippen molar-refractivity contribution in [3.05, 3.63) is 29.2 Å². The van der Waals surface area contributed by atoms with E-state index in [1.165, 1.54) is 0 Å². The van der Waals surface area contributed by atoms with E-state index in [1.807, 2.05) is 15.5 Å². The lowest BCUT2D eigenvalue weighted by molar-refractivity contribution is 0.0790. The van der Waals surface area contributed by atoms with Gasteiger partial charge in [0.2, 0.25) is 0 Å². The van der Waals surface area contributed by atoms with Crippen molar-refractivity contribution in [2.24, 2.45) is 0 Å². The maximum Gasteiger partial charge on any atom is 0.257 e. The Balaban J connectivity index is 2.09. The van der Waals surface area contributed by atoms with Crippen molar-refractivity contribution in [1.82, 2.24) is 19.5 Å². The Kier molecular flexibility index (Phi) is 3.67. The molecular formula is C17H24N4O. The fourth-order valence-electron chi connectivity index (χ4n) is 2.96. The van der Waals surface area contributed by atoms with Crippen molar-refractivity contribution in [2.45, 2.75) is 52.4 Å². The van der Waals surface area contributed by atoms with Crippen molar-refractivity contribution in [1.29, 1.82) is 0 Å². The van der Waals surface area contributed by atoms with Gasteiger partial charge >= 0.3 is 0 Å². The van der Waals surface area contributed by atoms with Crippen LogP contribution in [0.2, 0.25) is 0 Å². The highest BCUT2D eigenvalue weighted by atomic mass is 16.2. The minimum atomic E-state index is -0.0299. The van der Waals surface area contributed by atoms with Gasteiger partial charge in [0.1, 0.15) is 0 Å². The number of amides is 1. The molecule has 0 atom stereocenters. The van der Waals surface area contributed by atoms with Gasteiger partial charge < -0.3 is 4.90 Å². The predicted molar refractivity (Wildman–Crippen MR) is 86.2 cm³/mol. The van der Waals surface area contributed by atoms with Crippen LogP contribution in [-0.2, 0) is 11.8 Å². The average Bonchev–Trinajstić information content (AvgIpc) is 3.13. The molecular weight excluding hydrogens is 276 g/mol. The summed E-state index contributed by atoms with van der Waals surface area (Å²) in [4.78, 5) is 19.1. The molecule has 5 nitrogen and oxygen atoms in total. The minimum absolute atomic E-state index is 0.0299. The summed E-state index contributed by atoms with van der Waals surface area (Å²) in [6, 6.07) is 2.02. The van der Waals surface area contributed by atoms with Crippen LogP contribution in [0.4, 0.5) is 0 Å². The van der Waals surface area contributed by atoms with Crippen LogP contribution >= 0.6 is 0 Å². The zero-order valence-corrected chi connectivity index (χ0v) is 13.9. The van der Waals surface area contributed by atoms with Gasteiger partial charge in [0, 0.05) is 30.8 Å². The van der Waals surface area contributed by atoms with Gasteiger partial charge in [0.25, 0.3) is 5.91 Å². The normalized spacial score (nSPS) is 15.7. The maximum atomic E-state index is 12.7. The number of carbonyl (C=O) groups excluding carboxylic acids is 1. The second kappa shape index (κ2) is 5.38. The molecule has 0 spiro atoms. The average molecular weight is 300 g/mol. The molecule has 118 valence electrons. The van der Waals surface area contributed by atoms with Crippen LogP contribution < -0.4 is 0 Å². The van der Waals surface area contributed by atoms with Crippen LogP contribution in [0.25, 0.3) is 5.65 Å². The second-order valence-electron chi connectivity index (χ2n) is 7.02. The Morgan fingerprint density at radius 3 is 2.55 bits per heavy atom. The Hall–Kier alpha value is -1.91. The highest BCUT2D eigenvalue weighted by molar-refractivity contribution is 5.95. The lowest BCUT2D eigenvalue weighted by atomic mass is 9.93. The molecule has 0 aromatic carbocycles. The van der Waals surface area contributed by atoms with Crippen molar-refractivity contribution >= 4 is 11.6 Å². The molecule has 1 aliphatic heterocycles. The summed E-state index contributed by atoms with van der Waals surface area (Å²) in [5, 5.41) is 4.71. The zero-order chi connectivity index (χ0) is 15.9. The summed E-state index contributed by atoms with van der Waals surface area (Å²) in [7, 11) is 0. The van der Waals surface area contributed by atoms with E-state index in [0.717, 1.165) is 49.4 Å². The molecule has 22 heavy (non-hydrogen) atoms. The number of hydrogen-bond acceptors (Lipinski definition) is 3. The predicted octanol–water partition coefficient (Wildman–Crippen LogP) is 2.83. The highest BCUT2D eigenvalue weighted by Crippen LogP contribution is 2.24. The first kappa shape index (κ1) is 15.0. The minimum Gasteiger partial charge on any atom is -0.339 e. The molecule has 0 unspecified atom stereocenters. The van der Waals surface area contributed by atoms with E-state index in [2.05, 4.69) is 32.7 Å². The smallest absolute Gasteiger partial charge is 0.257 e. The summed E-state index contributed by atoms with van der Waals surface area (Å²) < 4.78 is 1.85. The summed E-state index contributed by atoms with van der Waals surface area (Å²) in [5.74, 6) is 0.0940. The van der Waals surface area contributed by atoms with E-state index in [9.17, 15) is 4.79 Å². The SMILES string of the molecule is CCc1c(C(=O)N2CCCC2)cnc2cc(C(C)(C)C)nn12. The standard InChI is InChI=1S/C17H24N4O/c1-5-13-12(16(22)20-8-6-7-9-20)11-18-15-10-14(17(2,3)4)19-21(13)15/h10-11H,5-9H2,1-4H3. The third-order valence-electron chi connectivity index (χ3n) is 4.31. The molecule has 5 heteroatoms. The molecule has 1 fully saturated rings. The van der Waals surface area contributed by atoms with Gasteiger partial charge in [-0.15, -0.1) is 0 Å². The van der Waals surface area contributed by atoms with Crippen molar-refractivity contribution in [2.75, 3.05) is 13.1 Å². The van der Waals surface area contributed by atoms with Crippen LogP contribution in [0.1, 0.15) is 62.3 Å². The van der Waals surface area contributed by atoms with E-state index in [4.69, 9.17) is 5.10 Å². The molecule has 2 aromatic rings. The van der Waals surface area contributed by atoms with Gasteiger partial charge in [-0.3, -0.25) is 4.79 Å². The number of likely N-dealkylation sites (tertiary alicyclic amines) is 1. The van der Waals surface area contributed by atoms with E-state index in [0.29, 0.717) is 5.56 Å². The van der Waals surface area contributed by atoms with Crippen LogP contribution in [0.5, 0.6) is 0 Å². The fourth-order valence-corrected chi connectivity index (χ4v) is 2.96. The van der Waals surface area contributed by atoms with Crippen LogP contribution in [0.15, 0.2) is 12.3 Å². The molecule has 2 aromatic heterocycles. The second-order valence-corrected chi connectivity index (χ2v) is 7.02. The molecule has 0 saturated carbocycles. The lowest BCUT2D eigenvalue weighted by Gasteiger charge is -2.17. The Morgan fingerprint density at radius 1 is 1.27 bits per heavy atom. The monoisotopic (exact) mass is 300 g/mol. The third kappa shape index (κ3) is 2.49. The van der Waals surface area contributed by atoms with Gasteiger partial charge in [-0.1, -0.05) is 27.7 Å². The number of aromatic nitrogens is 3. The van der Waals surface area contributed by atoms with E-state index in [1.54, 1.807) is 6.20 Å². The number of aryl methyl sites for hydroxylation is 1. The largest absolute Gasteiger partial charge is 0.339 e. The van der Waals surface area contributed by atoms with Gasteiger partial charge in [-0.2, -0.15) is 5.10 Å². The van der Waals surface area contributed by atoms with Crippen LogP contribution in [0.3, 0.4) is 0 Å². The first-order chi connectivity index (χ1) is 10.4. The number of hydrogen-bond donors (Lipinski definition) is 0. The number of carbonyl (C=O) groups is 1. The Morgan fingerprint density at radius 2 is 1.95 bits per heavy atom. The van der Waals surface area contributed by atoms with Crippen molar-refractivity contribution in [3.63, 3.8) is 0 Å². The van der Waals surface area contributed by atoms with Gasteiger partial charge in [0.05, 0.1) is 17.0 Å². The van der Waals surface area contributed by atoms with Gasteiger partial charge in [-0.25, -0.2) is 9.50 Å². The van der Waals surface area contributed by atoms with Gasteiger partial charge in [0.15, 0.2) is 5.65 Å². The molecule has 0 bridgehead atoms. The Labute approximate surface area is 131 Å². The quantitative estimate of drug-likeness (QED) is 0.857. The first-order valence-corrected chi connectivity index (χ1v) is 8.09. The van der Waals surface area contributed by atoms with Crippen LogP contribution in [0, 0.1) is 0 Å². The first-order valence-electron chi connectivity index (χ1n) is 8.09. The summed E-state index contributed by atoms with van der Waals surface area (Å²) in [6.45, 7) is 10.2. The molecule has 1 amide bonds. The summed E-state index contributed by atoms with van der Waals surface area (Å²) in [6.07, 6.45) is 4.68. The molecule has 3 heterocycles. The summed E-state index contributed by atoms with van der Waals surface area (Å²) in [5.41, 5.74) is 3.44. The highest BCUT2D eigenvalue weighted by Gasteiger charge is 2.25. The van der Waals surface area contributed by atoms with Gasteiger partial charge in [-0.05, 0) is 19.3 Å². The maximum absolute atomic E-state index is 12.7. The van der Waals surface area contributed by atoms with Crippen molar-refractivity contribution in [3.8, 4) is 0 Å². The lowest BCUT2D eigenvalue weighted by Crippen LogP contribution is -2.29. The molecule has 3 rings (SSSR count). The molecule has 0 radical (unpaired) electrons. The third-order valence-corrected chi connectivity index (χ3v) is 4.31. The fraction of sp³-hybridized carbons (Fsp3) is 0.588. The molecule has 1 saturated heterocycles. The number of nitrogens with zero attached hydrogens (tertiary/aromatic N) is 4. The Bertz CT molecular complexity index is 705. The van der Waals surface area contributed by atoms with Crippen LogP contribution in [-0.4, -0.2) is 38.5 Å². The topological polar surface area (TPSA) is 50.5 Å². The summed E-state index contributed by atoms with van der Waals surface area (Å²) >= 11 is 0. The molecule has 0 aliphatic carbocycles. The molecule has 0 N–H and O–H groups in total. The van der Waals surface area contributed by atoms with E-state index < -0.39 is 0 Å². The number of rotatable bonds is 2.